The first-order chi connectivity index (χ1) is 16.8. The third kappa shape index (κ3) is 6.34. The van der Waals surface area contributed by atoms with Crippen molar-refractivity contribution in [3.63, 3.8) is 0 Å². The lowest BCUT2D eigenvalue weighted by Crippen LogP contribution is -2.50. The quantitative estimate of drug-likeness (QED) is 0.460. The van der Waals surface area contributed by atoms with E-state index in [4.69, 9.17) is 13.9 Å². The fourth-order valence-electron chi connectivity index (χ4n) is 3.62. The van der Waals surface area contributed by atoms with Crippen LogP contribution < -0.4 is 9.64 Å². The number of carbonyl (C=O) groups excluding carboxylic acids is 2. The summed E-state index contributed by atoms with van der Waals surface area (Å²) in [6, 6.07) is 17.3. The molecule has 2 aromatic carbocycles. The minimum atomic E-state index is -4.42. The fraction of sp³-hybridized carbons (Fsp3) is 0.280. The predicted octanol–water partition coefficient (Wildman–Crippen LogP) is 4.38. The molecule has 1 aromatic heterocycles. The smallest absolute Gasteiger partial charge is 0.416 e. The molecule has 10 heteroatoms. The number of hydrogen-bond acceptors (Lipinski definition) is 6. The molecule has 0 bridgehead atoms. The lowest BCUT2D eigenvalue weighted by Gasteiger charge is -2.36. The van der Waals surface area contributed by atoms with Gasteiger partial charge in [-0.25, -0.2) is 4.79 Å². The van der Waals surface area contributed by atoms with Crippen molar-refractivity contribution in [3.05, 3.63) is 83.8 Å². The van der Waals surface area contributed by atoms with Crippen LogP contribution in [0.1, 0.15) is 21.9 Å². The highest BCUT2D eigenvalue weighted by Crippen LogP contribution is 2.31. The van der Waals surface area contributed by atoms with E-state index >= 15 is 0 Å². The first-order valence-corrected chi connectivity index (χ1v) is 10.9. The molecule has 3 aromatic rings. The van der Waals surface area contributed by atoms with Crippen molar-refractivity contribution in [2.45, 2.75) is 12.8 Å². The largest absolute Gasteiger partial charge is 0.486 e. The van der Waals surface area contributed by atoms with Gasteiger partial charge in [0.2, 0.25) is 5.76 Å². The number of alkyl halides is 3. The Hall–Kier alpha value is -3.95. The number of carbonyl (C=O) groups is 2. The zero-order valence-corrected chi connectivity index (χ0v) is 18.7. The van der Waals surface area contributed by atoms with E-state index < -0.39 is 24.3 Å². The second-order valence-electron chi connectivity index (χ2n) is 7.86. The molecule has 1 aliphatic rings. The van der Waals surface area contributed by atoms with Crippen LogP contribution in [0.3, 0.4) is 0 Å². The van der Waals surface area contributed by atoms with Crippen molar-refractivity contribution in [2.24, 2.45) is 0 Å². The van der Waals surface area contributed by atoms with Gasteiger partial charge in [-0.1, -0.05) is 24.3 Å². The number of rotatable bonds is 7. The number of nitrogens with zero attached hydrogens (tertiary/aromatic N) is 2. The molecule has 4 rings (SSSR count). The summed E-state index contributed by atoms with van der Waals surface area (Å²) in [5.41, 5.74) is -0.267. The zero-order valence-electron chi connectivity index (χ0n) is 18.7. The summed E-state index contributed by atoms with van der Waals surface area (Å²) in [5, 5.41) is 0. The van der Waals surface area contributed by atoms with Crippen molar-refractivity contribution in [1.29, 1.82) is 0 Å². The van der Waals surface area contributed by atoms with E-state index in [0.29, 0.717) is 43.4 Å². The lowest BCUT2D eigenvalue weighted by atomic mass is 10.1. The number of furan rings is 1. The number of halogens is 3. The first kappa shape index (κ1) is 24.2. The number of esters is 1. The van der Waals surface area contributed by atoms with E-state index in [0.717, 1.165) is 12.1 Å². The molecule has 0 atom stereocenters. The van der Waals surface area contributed by atoms with Gasteiger partial charge in [0.25, 0.3) is 5.91 Å². The van der Waals surface area contributed by atoms with Crippen LogP contribution in [0, 0.1) is 0 Å². The molecule has 1 aliphatic heterocycles. The van der Waals surface area contributed by atoms with Crippen LogP contribution in [0.2, 0.25) is 0 Å². The van der Waals surface area contributed by atoms with E-state index in [9.17, 15) is 22.8 Å². The minimum Gasteiger partial charge on any atom is -0.486 e. The monoisotopic (exact) mass is 488 g/mol. The fourth-order valence-corrected chi connectivity index (χ4v) is 3.62. The predicted molar refractivity (Wildman–Crippen MR) is 120 cm³/mol. The Kier molecular flexibility index (Phi) is 7.28. The van der Waals surface area contributed by atoms with Gasteiger partial charge in [0.15, 0.2) is 6.61 Å². The average Bonchev–Trinajstić information content (AvgIpc) is 3.35. The molecule has 1 saturated heterocycles. The Morgan fingerprint density at radius 1 is 0.914 bits per heavy atom. The summed E-state index contributed by atoms with van der Waals surface area (Å²) in [6.45, 7) is 1.00. The van der Waals surface area contributed by atoms with E-state index in [2.05, 4.69) is 0 Å². The number of benzene rings is 2. The Balaban J connectivity index is 1.22. The lowest BCUT2D eigenvalue weighted by molar-refractivity contribution is -0.137. The Bertz CT molecular complexity index is 1160. The van der Waals surface area contributed by atoms with Gasteiger partial charge in [-0.05, 0) is 42.5 Å². The summed E-state index contributed by atoms with van der Waals surface area (Å²) >= 11 is 0. The van der Waals surface area contributed by atoms with Gasteiger partial charge in [-0.2, -0.15) is 13.2 Å². The van der Waals surface area contributed by atoms with Gasteiger partial charge in [0, 0.05) is 31.9 Å². The molecule has 0 N–H and O–H groups in total. The zero-order chi connectivity index (χ0) is 24.8. The summed E-state index contributed by atoms with van der Waals surface area (Å²) < 4.78 is 55.0. The maximum atomic E-state index is 13.0. The molecule has 0 radical (unpaired) electrons. The van der Waals surface area contributed by atoms with Gasteiger partial charge in [0.1, 0.15) is 18.1 Å². The van der Waals surface area contributed by atoms with E-state index in [1.54, 1.807) is 29.2 Å². The molecule has 7 nitrogen and oxygen atoms in total. The summed E-state index contributed by atoms with van der Waals surface area (Å²) in [6.07, 6.45) is -4.42. The molecule has 35 heavy (non-hydrogen) atoms. The summed E-state index contributed by atoms with van der Waals surface area (Å²) in [4.78, 5) is 28.0. The first-order valence-electron chi connectivity index (χ1n) is 10.9. The van der Waals surface area contributed by atoms with Crippen LogP contribution in [-0.4, -0.2) is 49.6 Å². The van der Waals surface area contributed by atoms with Gasteiger partial charge in [-0.3, -0.25) is 4.79 Å². The highest BCUT2D eigenvalue weighted by atomic mass is 19.4. The third-order valence-electron chi connectivity index (χ3n) is 5.48. The van der Waals surface area contributed by atoms with Crippen molar-refractivity contribution in [3.8, 4) is 5.75 Å². The molecule has 0 aliphatic carbocycles. The highest BCUT2D eigenvalue weighted by Gasteiger charge is 2.31. The Morgan fingerprint density at radius 2 is 1.66 bits per heavy atom. The molecule has 0 unspecified atom stereocenters. The highest BCUT2D eigenvalue weighted by molar-refractivity contribution is 5.89. The number of ether oxygens (including phenoxy) is 2. The van der Waals surface area contributed by atoms with Crippen LogP contribution in [0.25, 0.3) is 0 Å². The number of para-hydroxylation sites is 1. The van der Waals surface area contributed by atoms with Gasteiger partial charge in [-0.15, -0.1) is 0 Å². The van der Waals surface area contributed by atoms with E-state index in [1.165, 1.54) is 17.0 Å². The van der Waals surface area contributed by atoms with Crippen LogP contribution in [0.4, 0.5) is 18.9 Å². The topological polar surface area (TPSA) is 72.2 Å². The van der Waals surface area contributed by atoms with Crippen LogP contribution >= 0.6 is 0 Å². The van der Waals surface area contributed by atoms with E-state index in [-0.39, 0.29) is 18.3 Å². The summed E-state index contributed by atoms with van der Waals surface area (Å²) in [5.74, 6) is -0.114. The van der Waals surface area contributed by atoms with Crippen molar-refractivity contribution < 1.29 is 36.7 Å². The van der Waals surface area contributed by atoms with E-state index in [1.807, 2.05) is 18.2 Å². The minimum absolute atomic E-state index is 0.0428. The maximum Gasteiger partial charge on any atom is 0.416 e. The molecule has 184 valence electrons. The second kappa shape index (κ2) is 10.5. The molecule has 2 heterocycles. The Morgan fingerprint density at radius 3 is 2.37 bits per heavy atom. The Labute approximate surface area is 199 Å². The molecule has 1 amide bonds. The second-order valence-corrected chi connectivity index (χ2v) is 7.86. The molecular weight excluding hydrogens is 465 g/mol. The SMILES string of the molecule is O=C(OCC(=O)N1CCN(c2cccc(C(F)(F)F)c2)CC1)c1ccc(COc2ccccc2)o1. The van der Waals surface area contributed by atoms with Crippen molar-refractivity contribution in [1.82, 2.24) is 4.90 Å². The molecule has 1 fully saturated rings. The standard InChI is InChI=1S/C25H23F3N2O5/c26-25(27,28)18-5-4-6-19(15-18)29-11-13-30(14-12-29)23(31)17-34-24(32)22-10-9-21(35-22)16-33-20-7-2-1-3-8-20/h1-10,15H,11-14,16-17H2. The van der Waals surface area contributed by atoms with Gasteiger partial charge < -0.3 is 23.7 Å². The normalized spacial score (nSPS) is 14.0. The number of hydrogen-bond donors (Lipinski definition) is 0. The number of amides is 1. The van der Waals surface area contributed by atoms with Crippen LogP contribution in [-0.2, 0) is 22.3 Å². The maximum absolute atomic E-state index is 13.0. The number of piperazine rings is 1. The average molecular weight is 488 g/mol. The third-order valence-corrected chi connectivity index (χ3v) is 5.48. The molecular formula is C25H23F3N2O5. The molecule has 0 spiro atoms. The summed E-state index contributed by atoms with van der Waals surface area (Å²) in [7, 11) is 0. The van der Waals surface area contributed by atoms with Gasteiger partial charge in [0.05, 0.1) is 5.56 Å². The van der Waals surface area contributed by atoms with Crippen molar-refractivity contribution >= 4 is 17.6 Å². The molecule has 0 saturated carbocycles. The van der Waals surface area contributed by atoms with Crippen LogP contribution in [0.15, 0.2) is 71.1 Å². The van der Waals surface area contributed by atoms with Gasteiger partial charge >= 0.3 is 12.1 Å². The number of anilines is 1. The van der Waals surface area contributed by atoms with Crippen molar-refractivity contribution in [2.75, 3.05) is 37.7 Å². The van der Waals surface area contributed by atoms with Crippen LogP contribution in [0.5, 0.6) is 5.75 Å².